The number of phenolic OH excluding ortho intramolecular Hbond substituents is 1. The molecule has 3 N–H and O–H groups in total. The number of para-hydroxylation sites is 1. The number of benzene rings is 1. The minimum absolute atomic E-state index is 0.147. The van der Waals surface area contributed by atoms with Crippen LogP contribution in [0.25, 0.3) is 0 Å². The summed E-state index contributed by atoms with van der Waals surface area (Å²) in [6.07, 6.45) is 3.70. The number of hydrogen-bond acceptors (Lipinski definition) is 3. The van der Waals surface area contributed by atoms with Crippen molar-refractivity contribution in [3.8, 4) is 5.75 Å². The van der Waals surface area contributed by atoms with Gasteiger partial charge in [0.25, 0.3) is 0 Å². The van der Waals surface area contributed by atoms with Crippen molar-refractivity contribution in [1.82, 2.24) is 10.7 Å². The summed E-state index contributed by atoms with van der Waals surface area (Å²) in [6.45, 7) is 9.26. The third kappa shape index (κ3) is 5.14. The van der Waals surface area contributed by atoms with Crippen LogP contribution in [0.1, 0.15) is 31.9 Å². The van der Waals surface area contributed by atoms with Gasteiger partial charge >= 0.3 is 6.03 Å². The van der Waals surface area contributed by atoms with Gasteiger partial charge in [0, 0.05) is 11.1 Å². The predicted octanol–water partition coefficient (Wildman–Crippen LogP) is 2.55. The number of rotatable bonds is 4. The highest BCUT2D eigenvalue weighted by Crippen LogP contribution is 2.21. The Bertz CT molecular complexity index is 516. The van der Waals surface area contributed by atoms with Gasteiger partial charge in [-0.1, -0.05) is 18.2 Å². The molecule has 0 heterocycles. The number of urea groups is 1. The highest BCUT2D eigenvalue weighted by Gasteiger charge is 2.12. The van der Waals surface area contributed by atoms with Crippen LogP contribution in [0.5, 0.6) is 5.75 Å². The number of nitrogens with zero attached hydrogens (tertiary/aromatic N) is 1. The van der Waals surface area contributed by atoms with Gasteiger partial charge in [0.15, 0.2) is 0 Å². The standard InChI is InChI=1S/C15H21N3O2/c1-5-7-11-8-6-9-12(13(11)19)10-16-18-14(20)17-15(2,3)4/h5-6,8-10,19H,1,7H2,2-4H3,(H2,17,18,20)/b16-10+. The molecule has 0 aromatic heterocycles. The molecule has 0 unspecified atom stereocenters. The van der Waals surface area contributed by atoms with E-state index in [4.69, 9.17) is 0 Å². The number of hydrazone groups is 1. The van der Waals surface area contributed by atoms with Gasteiger partial charge in [-0.05, 0) is 38.8 Å². The number of carbonyl (C=O) groups is 1. The molecule has 0 aliphatic heterocycles. The van der Waals surface area contributed by atoms with Gasteiger partial charge in [-0.25, -0.2) is 10.2 Å². The fourth-order valence-corrected chi connectivity index (χ4v) is 1.56. The Morgan fingerprint density at radius 2 is 2.15 bits per heavy atom. The zero-order valence-electron chi connectivity index (χ0n) is 12.1. The van der Waals surface area contributed by atoms with Gasteiger partial charge in [0.05, 0.1) is 6.21 Å². The van der Waals surface area contributed by atoms with Crippen molar-refractivity contribution < 1.29 is 9.90 Å². The molecule has 0 saturated heterocycles. The molecule has 0 aliphatic carbocycles. The van der Waals surface area contributed by atoms with Gasteiger partial charge in [-0.2, -0.15) is 5.10 Å². The van der Waals surface area contributed by atoms with Crippen LogP contribution in [0, 0.1) is 0 Å². The van der Waals surface area contributed by atoms with Crippen LogP contribution in [-0.2, 0) is 6.42 Å². The van der Waals surface area contributed by atoms with Gasteiger partial charge in [-0.3, -0.25) is 0 Å². The summed E-state index contributed by atoms with van der Waals surface area (Å²) in [6, 6.07) is 4.95. The highest BCUT2D eigenvalue weighted by molar-refractivity contribution is 5.85. The summed E-state index contributed by atoms with van der Waals surface area (Å²) in [4.78, 5) is 11.5. The predicted molar refractivity (Wildman–Crippen MR) is 81.0 cm³/mol. The van der Waals surface area contributed by atoms with Crippen LogP contribution in [0.2, 0.25) is 0 Å². The van der Waals surface area contributed by atoms with Crippen molar-refractivity contribution in [2.45, 2.75) is 32.7 Å². The van der Waals surface area contributed by atoms with E-state index < -0.39 is 6.03 Å². The number of carbonyl (C=O) groups excluding carboxylic acids is 1. The van der Waals surface area contributed by atoms with E-state index in [1.54, 1.807) is 12.1 Å². The Balaban J connectivity index is 2.69. The van der Waals surface area contributed by atoms with E-state index in [-0.39, 0.29) is 11.3 Å². The van der Waals surface area contributed by atoms with E-state index >= 15 is 0 Å². The maximum Gasteiger partial charge on any atom is 0.335 e. The molecule has 20 heavy (non-hydrogen) atoms. The van der Waals surface area contributed by atoms with Crippen molar-refractivity contribution in [3.63, 3.8) is 0 Å². The molecular formula is C15H21N3O2. The molecule has 5 nitrogen and oxygen atoms in total. The smallest absolute Gasteiger partial charge is 0.335 e. The second-order valence-electron chi connectivity index (χ2n) is 5.42. The molecule has 0 fully saturated rings. The molecule has 5 heteroatoms. The molecule has 0 spiro atoms. The second-order valence-corrected chi connectivity index (χ2v) is 5.42. The average Bonchev–Trinajstić information content (AvgIpc) is 2.32. The summed E-state index contributed by atoms with van der Waals surface area (Å²) < 4.78 is 0. The molecule has 0 saturated carbocycles. The van der Waals surface area contributed by atoms with Crippen LogP contribution in [0.4, 0.5) is 4.79 Å². The number of nitrogens with one attached hydrogen (secondary N) is 2. The van der Waals surface area contributed by atoms with Crippen molar-refractivity contribution in [1.29, 1.82) is 0 Å². The van der Waals surface area contributed by atoms with Crippen LogP contribution in [0.3, 0.4) is 0 Å². The number of amides is 2. The highest BCUT2D eigenvalue weighted by atomic mass is 16.3. The van der Waals surface area contributed by atoms with Crippen molar-refractivity contribution in [3.05, 3.63) is 42.0 Å². The lowest BCUT2D eigenvalue weighted by Gasteiger charge is -2.19. The first-order chi connectivity index (χ1) is 9.33. The Morgan fingerprint density at radius 3 is 2.75 bits per heavy atom. The normalized spacial score (nSPS) is 11.3. The molecule has 1 aromatic rings. The number of aromatic hydroxyl groups is 1. The molecule has 0 bridgehead atoms. The lowest BCUT2D eigenvalue weighted by molar-refractivity contribution is 0.232. The Labute approximate surface area is 119 Å². The second kappa shape index (κ2) is 6.75. The number of allylic oxidation sites excluding steroid dienone is 1. The van der Waals surface area contributed by atoms with E-state index in [9.17, 15) is 9.90 Å². The number of hydrogen-bond donors (Lipinski definition) is 3. The largest absolute Gasteiger partial charge is 0.507 e. The Kier molecular flexibility index (Phi) is 5.32. The van der Waals surface area contributed by atoms with Crippen molar-refractivity contribution in [2.24, 2.45) is 5.10 Å². The molecule has 0 radical (unpaired) electrons. The van der Waals surface area contributed by atoms with E-state index in [1.807, 2.05) is 32.9 Å². The first-order valence-electron chi connectivity index (χ1n) is 6.36. The Hall–Kier alpha value is -2.30. The number of phenols is 1. The molecule has 1 rings (SSSR count). The van der Waals surface area contributed by atoms with E-state index in [0.717, 1.165) is 5.56 Å². The first kappa shape index (κ1) is 15.8. The quantitative estimate of drug-likeness (QED) is 0.449. The van der Waals surface area contributed by atoms with Gasteiger partial charge < -0.3 is 10.4 Å². The average molecular weight is 275 g/mol. The lowest BCUT2D eigenvalue weighted by Crippen LogP contribution is -2.44. The molecule has 2 amide bonds. The van der Waals surface area contributed by atoms with E-state index in [2.05, 4.69) is 22.4 Å². The minimum Gasteiger partial charge on any atom is -0.507 e. The van der Waals surface area contributed by atoms with Crippen LogP contribution >= 0.6 is 0 Å². The van der Waals surface area contributed by atoms with Crippen LogP contribution in [-0.4, -0.2) is 22.9 Å². The summed E-state index contributed by atoms with van der Waals surface area (Å²) in [5.41, 5.74) is 3.34. The fourth-order valence-electron chi connectivity index (χ4n) is 1.56. The van der Waals surface area contributed by atoms with Crippen LogP contribution in [0.15, 0.2) is 36.0 Å². The van der Waals surface area contributed by atoms with Gasteiger partial charge in [-0.15, -0.1) is 6.58 Å². The first-order valence-corrected chi connectivity index (χ1v) is 6.36. The SMILES string of the molecule is C=CCc1cccc(/C=N/NC(=O)NC(C)(C)C)c1O. The topological polar surface area (TPSA) is 73.7 Å². The van der Waals surface area contributed by atoms with Gasteiger partial charge in [0.1, 0.15) is 5.75 Å². The van der Waals surface area contributed by atoms with E-state index in [0.29, 0.717) is 12.0 Å². The summed E-state index contributed by atoms with van der Waals surface area (Å²) in [5, 5.41) is 16.5. The molecular weight excluding hydrogens is 254 g/mol. The summed E-state index contributed by atoms with van der Waals surface area (Å²) >= 11 is 0. The summed E-state index contributed by atoms with van der Waals surface area (Å²) in [7, 11) is 0. The maximum atomic E-state index is 11.5. The monoisotopic (exact) mass is 275 g/mol. The molecule has 0 atom stereocenters. The van der Waals surface area contributed by atoms with Crippen molar-refractivity contribution >= 4 is 12.2 Å². The third-order valence-electron chi connectivity index (χ3n) is 2.37. The Morgan fingerprint density at radius 1 is 1.45 bits per heavy atom. The van der Waals surface area contributed by atoms with E-state index in [1.165, 1.54) is 6.21 Å². The van der Waals surface area contributed by atoms with Crippen LogP contribution < -0.4 is 10.7 Å². The molecule has 108 valence electrons. The van der Waals surface area contributed by atoms with Gasteiger partial charge in [0.2, 0.25) is 0 Å². The fraction of sp³-hybridized carbons (Fsp3) is 0.333. The zero-order valence-corrected chi connectivity index (χ0v) is 12.1. The summed E-state index contributed by atoms with van der Waals surface area (Å²) in [5.74, 6) is 0.147. The maximum absolute atomic E-state index is 11.5. The third-order valence-corrected chi connectivity index (χ3v) is 2.37. The lowest BCUT2D eigenvalue weighted by atomic mass is 10.1. The molecule has 1 aromatic carbocycles. The minimum atomic E-state index is -0.393. The zero-order chi connectivity index (χ0) is 15.2. The van der Waals surface area contributed by atoms with Crippen molar-refractivity contribution in [2.75, 3.05) is 0 Å². The molecule has 0 aliphatic rings.